The van der Waals surface area contributed by atoms with Gasteiger partial charge in [0.2, 0.25) is 10.0 Å². The molecule has 0 radical (unpaired) electrons. The molecular weight excluding hydrogens is 970 g/mol. The second-order valence-electron chi connectivity index (χ2n) is 17.9. The first-order chi connectivity index (χ1) is 33.8. The Balaban J connectivity index is 0.912. The smallest absolute Gasteiger partial charge is 0.408 e. The summed E-state index contributed by atoms with van der Waals surface area (Å²) >= 11 is 13.0. The van der Waals surface area contributed by atoms with Crippen LogP contribution < -0.4 is 19.5 Å². The number of amides is 1. The molecule has 5 heterocycles. The van der Waals surface area contributed by atoms with Crippen LogP contribution in [-0.4, -0.2) is 92.2 Å². The second-order valence-corrected chi connectivity index (χ2v) is 20.6. The van der Waals surface area contributed by atoms with Gasteiger partial charge in [-0.05, 0) is 128 Å². The van der Waals surface area contributed by atoms with Gasteiger partial charge in [-0.1, -0.05) is 77.8 Å². The largest absolute Gasteiger partial charge is 0.489 e. The molecule has 1 N–H and O–H groups in total. The van der Waals surface area contributed by atoms with Gasteiger partial charge in [0, 0.05) is 31.9 Å². The van der Waals surface area contributed by atoms with Crippen molar-refractivity contribution in [2.24, 2.45) is 11.8 Å². The minimum atomic E-state index is -4.43. The van der Waals surface area contributed by atoms with Gasteiger partial charge in [-0.25, -0.2) is 18.0 Å². The highest BCUT2D eigenvalue weighted by atomic mass is 35.5. The molecule has 1 aromatic heterocycles. The molecule has 1 saturated carbocycles. The Bertz CT molecular complexity index is 2800. The Hall–Kier alpha value is -5.85. The van der Waals surface area contributed by atoms with E-state index >= 15 is 0 Å². The molecule has 4 atom stereocenters. The summed E-state index contributed by atoms with van der Waals surface area (Å²) in [5, 5.41) is 3.37. The van der Waals surface area contributed by atoms with Crippen molar-refractivity contribution in [3.05, 3.63) is 147 Å². The predicted octanol–water partition coefficient (Wildman–Crippen LogP) is 9.59. The van der Waals surface area contributed by atoms with Crippen LogP contribution >= 0.6 is 23.2 Å². The fourth-order valence-corrected chi connectivity index (χ4v) is 11.4. The van der Waals surface area contributed by atoms with Crippen LogP contribution in [0.1, 0.15) is 83.3 Å². The number of alkyl carbamates (subject to hydrolysis) is 1. The zero-order chi connectivity index (χ0) is 48.9. The summed E-state index contributed by atoms with van der Waals surface area (Å²) < 4.78 is 85.2. The van der Waals surface area contributed by atoms with Gasteiger partial charge in [0.25, 0.3) is 0 Å². The van der Waals surface area contributed by atoms with Crippen molar-refractivity contribution >= 4 is 51.3 Å². The van der Waals surface area contributed by atoms with E-state index in [4.69, 9.17) is 46.9 Å². The van der Waals surface area contributed by atoms with E-state index in [-0.39, 0.29) is 75.8 Å². The number of piperidine rings is 3. The van der Waals surface area contributed by atoms with E-state index in [1.54, 1.807) is 24.3 Å². The van der Waals surface area contributed by atoms with Gasteiger partial charge in [-0.2, -0.15) is 13.1 Å². The number of rotatable bonds is 18. The van der Waals surface area contributed by atoms with Crippen molar-refractivity contribution in [1.29, 1.82) is 0 Å². The third kappa shape index (κ3) is 11.7. The number of sulfonamides is 1. The summed E-state index contributed by atoms with van der Waals surface area (Å²) in [5.74, 6) is -1.19. The van der Waals surface area contributed by atoms with E-state index in [0.29, 0.717) is 35.6 Å². The molecular formula is C51H50Cl2F2N4O10S. The third-order valence-corrected chi connectivity index (χ3v) is 15.7. The molecule has 5 aliphatic rings. The van der Waals surface area contributed by atoms with Crippen molar-refractivity contribution in [2.45, 2.75) is 80.7 Å². The van der Waals surface area contributed by atoms with Gasteiger partial charge >= 0.3 is 24.6 Å². The van der Waals surface area contributed by atoms with Crippen LogP contribution in [0.2, 0.25) is 10.0 Å². The Labute approximate surface area is 414 Å². The highest BCUT2D eigenvalue weighted by molar-refractivity contribution is 7.89. The number of hydrogen-bond donors (Lipinski definition) is 1. The van der Waals surface area contributed by atoms with Crippen molar-refractivity contribution < 1.29 is 55.3 Å². The minimum absolute atomic E-state index is 0.0129. The number of carbonyl (C=O) groups excluding carboxylic acids is 3. The van der Waals surface area contributed by atoms with Gasteiger partial charge in [-0.3, -0.25) is 14.7 Å². The molecule has 368 valence electrons. The van der Waals surface area contributed by atoms with Crippen LogP contribution in [0, 0.1) is 11.8 Å². The zero-order valence-corrected chi connectivity index (χ0v) is 40.1. The number of pyridine rings is 1. The Morgan fingerprint density at radius 1 is 0.800 bits per heavy atom. The number of benzene rings is 4. The fourth-order valence-electron chi connectivity index (χ4n) is 9.23. The van der Waals surface area contributed by atoms with Gasteiger partial charge in [0.15, 0.2) is 11.5 Å². The van der Waals surface area contributed by atoms with E-state index < -0.39 is 52.9 Å². The third-order valence-electron chi connectivity index (χ3n) is 13.1. The standard InChI is InChI=1S/C51H50Cl2F2N4O10S/c52-40-27-56-28-41(53)39(40)26-44(34-16-17-43(68-50(54)55)45(25-34)65-30-31-14-15-31)67-49(61)42-13-6-20-59(42)70(63,64)38-12-5-10-36(24-38)48(60)66-37-11-4-9-35(23-37)47(33-7-2-1-3-8-33)57-51(62)69-46-29-58-21-18-32(46)19-22-58/h1-5,7-12,16-17,23-25,27-28,31-32,42,44,46-47,50H,6,13-15,18-22,26,29-30H2,(H,57,62)/t42-,44-,46-,47-/m0/s1. The van der Waals surface area contributed by atoms with E-state index in [2.05, 4.69) is 15.2 Å². The Morgan fingerprint density at radius 3 is 2.26 bits per heavy atom. The maximum atomic E-state index is 14.4. The van der Waals surface area contributed by atoms with E-state index in [0.717, 1.165) is 48.6 Å². The maximum absolute atomic E-state index is 14.4. The van der Waals surface area contributed by atoms with Crippen LogP contribution in [0.3, 0.4) is 0 Å². The summed E-state index contributed by atoms with van der Waals surface area (Å²) in [5.41, 5.74) is 2.01. The van der Waals surface area contributed by atoms with Crippen LogP contribution in [0.15, 0.2) is 114 Å². The number of esters is 2. The van der Waals surface area contributed by atoms with Crippen molar-refractivity contribution in [3.8, 4) is 17.2 Å². The van der Waals surface area contributed by atoms with Crippen LogP contribution in [0.4, 0.5) is 13.6 Å². The lowest BCUT2D eigenvalue weighted by Crippen LogP contribution is -2.52. The van der Waals surface area contributed by atoms with Gasteiger partial charge in [0.05, 0.1) is 33.2 Å². The first-order valence-electron chi connectivity index (χ1n) is 23.2. The highest BCUT2D eigenvalue weighted by Crippen LogP contribution is 2.39. The summed E-state index contributed by atoms with van der Waals surface area (Å²) in [4.78, 5) is 47.4. The summed E-state index contributed by atoms with van der Waals surface area (Å²) in [6.45, 7) is -0.178. The predicted molar refractivity (Wildman–Crippen MR) is 254 cm³/mol. The molecule has 1 amide bonds. The molecule has 19 heteroatoms. The SMILES string of the molecule is O=C(N[C@@H](c1ccccc1)c1cccc(OC(=O)c2cccc(S(=O)(=O)N3CCC[C@H]3C(=O)O[C@@H](Cc3c(Cl)cncc3Cl)c3ccc(OC(F)F)c(OCC4CC4)c3)c2)c1)O[C@H]1CN2CCC1CC2. The van der Waals surface area contributed by atoms with Gasteiger partial charge in [0.1, 0.15) is 24.0 Å². The monoisotopic (exact) mass is 1020 g/mol. The number of aromatic nitrogens is 1. The maximum Gasteiger partial charge on any atom is 0.408 e. The molecule has 4 aliphatic heterocycles. The number of ether oxygens (including phenoxy) is 5. The van der Waals surface area contributed by atoms with Gasteiger partial charge in [-0.15, -0.1) is 0 Å². The fraction of sp³-hybridized carbons (Fsp3) is 0.373. The number of halogens is 4. The molecule has 4 aromatic carbocycles. The average Bonchev–Trinajstić information content (AvgIpc) is 4.05. The quantitative estimate of drug-likeness (QED) is 0.0655. The number of hydrogen-bond acceptors (Lipinski definition) is 12. The number of nitrogens with one attached hydrogen (secondary N) is 1. The van der Waals surface area contributed by atoms with Crippen LogP contribution in [-0.2, 0) is 30.7 Å². The summed E-state index contributed by atoms with van der Waals surface area (Å²) in [6.07, 6.45) is 5.01. The summed E-state index contributed by atoms with van der Waals surface area (Å²) in [7, 11) is -4.43. The molecule has 1 aliphatic carbocycles. The lowest BCUT2D eigenvalue weighted by molar-refractivity contribution is -0.153. The van der Waals surface area contributed by atoms with Gasteiger partial charge < -0.3 is 29.0 Å². The molecule has 10 rings (SSSR count). The lowest BCUT2D eigenvalue weighted by Gasteiger charge is -2.43. The molecule has 0 unspecified atom stereocenters. The normalized spacial score (nSPS) is 20.9. The number of nitrogens with zero attached hydrogens (tertiary/aromatic N) is 3. The molecule has 5 fully saturated rings. The van der Waals surface area contributed by atoms with Crippen molar-refractivity contribution in [1.82, 2.24) is 19.5 Å². The Morgan fingerprint density at radius 2 is 1.54 bits per heavy atom. The van der Waals surface area contributed by atoms with Crippen molar-refractivity contribution in [3.63, 3.8) is 0 Å². The van der Waals surface area contributed by atoms with Crippen LogP contribution in [0.25, 0.3) is 0 Å². The van der Waals surface area contributed by atoms with Crippen LogP contribution in [0.5, 0.6) is 17.2 Å². The average molecular weight is 1020 g/mol. The molecule has 0 spiro atoms. The first-order valence-corrected chi connectivity index (χ1v) is 25.4. The molecule has 70 heavy (non-hydrogen) atoms. The number of carbonyl (C=O) groups is 3. The first kappa shape index (κ1) is 49.1. The van der Waals surface area contributed by atoms with E-state index in [1.165, 1.54) is 54.9 Å². The van der Waals surface area contributed by atoms with E-state index in [1.807, 2.05) is 30.3 Å². The van der Waals surface area contributed by atoms with E-state index in [9.17, 15) is 31.6 Å². The molecule has 2 bridgehead atoms. The number of alkyl halides is 2. The zero-order valence-electron chi connectivity index (χ0n) is 37.8. The lowest BCUT2D eigenvalue weighted by atomic mass is 9.86. The molecule has 4 saturated heterocycles. The topological polar surface area (TPSA) is 163 Å². The summed E-state index contributed by atoms with van der Waals surface area (Å²) in [6, 6.07) is 23.6. The molecule has 14 nitrogen and oxygen atoms in total. The molecule has 5 aromatic rings. The highest BCUT2D eigenvalue weighted by Gasteiger charge is 2.42. The van der Waals surface area contributed by atoms with Crippen molar-refractivity contribution in [2.75, 3.05) is 32.8 Å². The number of fused-ring (bicyclic) bond motifs is 3. The Kier molecular flexibility index (Phi) is 15.2. The second kappa shape index (κ2) is 21.6. The minimum Gasteiger partial charge on any atom is -0.489 e.